The summed E-state index contributed by atoms with van der Waals surface area (Å²) in [6.45, 7) is 4.72. The van der Waals surface area contributed by atoms with E-state index in [-0.39, 0.29) is 11.3 Å². The minimum absolute atomic E-state index is 0.0167. The molecule has 1 aliphatic carbocycles. The molecule has 6 aromatic rings. The van der Waals surface area contributed by atoms with Crippen LogP contribution < -0.4 is 0 Å². The van der Waals surface area contributed by atoms with Crippen LogP contribution in [0.3, 0.4) is 0 Å². The molecule has 0 aliphatic heterocycles. The average Bonchev–Trinajstić information content (AvgIpc) is 3.23. The van der Waals surface area contributed by atoms with E-state index in [2.05, 4.69) is 140 Å². The lowest BCUT2D eigenvalue weighted by atomic mass is 9.64. The van der Waals surface area contributed by atoms with Gasteiger partial charge in [-0.15, -0.1) is 0 Å². The van der Waals surface area contributed by atoms with Crippen LogP contribution in [0.5, 0.6) is 0 Å². The molecule has 0 unspecified atom stereocenters. The molecule has 1 aromatic heterocycles. The van der Waals surface area contributed by atoms with Crippen LogP contribution in [0.4, 0.5) is 0 Å². The number of fused-ring (bicyclic) bond motifs is 5. The van der Waals surface area contributed by atoms with Crippen molar-refractivity contribution < 1.29 is 0 Å². The summed E-state index contributed by atoms with van der Waals surface area (Å²) in [5.74, 6) is 0.221. The lowest BCUT2D eigenvalue weighted by Gasteiger charge is -2.39. The van der Waals surface area contributed by atoms with Gasteiger partial charge in [-0.2, -0.15) is 0 Å². The predicted octanol–water partition coefficient (Wildman–Crippen LogP) is 8.60. The van der Waals surface area contributed by atoms with Gasteiger partial charge in [-0.3, -0.25) is 0 Å². The van der Waals surface area contributed by atoms with Crippen LogP contribution in [0.25, 0.3) is 27.5 Å². The SMILES string of the molecule is CC1(C)c2ccccc2C(c2ccc3c(c2)c2ccccc2n3-c2ccccc2)c2ccccc21. The fourth-order valence-corrected chi connectivity index (χ4v) is 6.33. The molecule has 7 rings (SSSR count). The van der Waals surface area contributed by atoms with Gasteiger partial charge < -0.3 is 4.57 Å². The topological polar surface area (TPSA) is 4.93 Å². The second-order valence-corrected chi connectivity index (χ2v) is 10.2. The lowest BCUT2D eigenvalue weighted by molar-refractivity contribution is 0.597. The summed E-state index contributed by atoms with van der Waals surface area (Å²) in [4.78, 5) is 0. The van der Waals surface area contributed by atoms with Crippen molar-refractivity contribution in [2.75, 3.05) is 0 Å². The van der Waals surface area contributed by atoms with Gasteiger partial charge in [-0.05, 0) is 58.1 Å². The van der Waals surface area contributed by atoms with Gasteiger partial charge in [0.05, 0.1) is 11.0 Å². The van der Waals surface area contributed by atoms with Crippen molar-refractivity contribution in [2.24, 2.45) is 0 Å². The number of nitrogens with zero attached hydrogens (tertiary/aromatic N) is 1. The predicted molar refractivity (Wildman–Crippen MR) is 147 cm³/mol. The molecule has 0 amide bonds. The van der Waals surface area contributed by atoms with Gasteiger partial charge in [0.15, 0.2) is 0 Å². The number of hydrogen-bond acceptors (Lipinski definition) is 0. The molecule has 168 valence electrons. The highest BCUT2D eigenvalue weighted by molar-refractivity contribution is 6.09. The maximum Gasteiger partial charge on any atom is 0.0541 e. The Kier molecular flexibility index (Phi) is 4.32. The van der Waals surface area contributed by atoms with E-state index in [9.17, 15) is 0 Å². The van der Waals surface area contributed by atoms with Crippen LogP contribution in [-0.4, -0.2) is 4.57 Å². The summed E-state index contributed by atoms with van der Waals surface area (Å²) in [7, 11) is 0. The minimum atomic E-state index is -0.0167. The standard InChI is InChI=1S/C34H27N/c1-34(2)29-17-9-6-15-26(29)33(27-16-7-10-18-30(27)34)23-20-21-32-28(22-23)25-14-8-11-19-31(25)35(32)24-12-4-3-5-13-24/h3-22,33H,1-2H3. The number of benzene rings is 5. The summed E-state index contributed by atoms with van der Waals surface area (Å²) in [6.07, 6.45) is 0. The van der Waals surface area contributed by atoms with Crippen molar-refractivity contribution in [3.05, 3.63) is 149 Å². The third-order valence-electron chi connectivity index (χ3n) is 7.93. The monoisotopic (exact) mass is 449 g/mol. The van der Waals surface area contributed by atoms with Crippen LogP contribution >= 0.6 is 0 Å². The Morgan fingerprint density at radius 2 is 1.11 bits per heavy atom. The smallest absolute Gasteiger partial charge is 0.0541 e. The van der Waals surface area contributed by atoms with Crippen molar-refractivity contribution in [3.63, 3.8) is 0 Å². The van der Waals surface area contributed by atoms with Crippen LogP contribution in [-0.2, 0) is 5.41 Å². The largest absolute Gasteiger partial charge is 0.309 e. The normalized spacial score (nSPS) is 14.7. The highest BCUT2D eigenvalue weighted by atomic mass is 15.0. The summed E-state index contributed by atoms with van der Waals surface area (Å²) in [6, 6.07) is 44.6. The molecule has 1 heteroatoms. The van der Waals surface area contributed by atoms with Gasteiger partial charge in [0.2, 0.25) is 0 Å². The summed E-state index contributed by atoms with van der Waals surface area (Å²) in [5.41, 5.74) is 10.7. The first-order chi connectivity index (χ1) is 17.1. The zero-order chi connectivity index (χ0) is 23.6. The molecule has 0 fully saturated rings. The van der Waals surface area contributed by atoms with Crippen molar-refractivity contribution in [1.82, 2.24) is 4.57 Å². The zero-order valence-corrected chi connectivity index (χ0v) is 20.1. The van der Waals surface area contributed by atoms with Gasteiger partial charge >= 0.3 is 0 Å². The van der Waals surface area contributed by atoms with E-state index in [1.165, 1.54) is 55.3 Å². The number of hydrogen-bond donors (Lipinski definition) is 0. The first kappa shape index (κ1) is 20.3. The van der Waals surface area contributed by atoms with E-state index in [1.807, 2.05) is 0 Å². The first-order valence-electron chi connectivity index (χ1n) is 12.4. The molecule has 0 saturated carbocycles. The molecule has 1 nitrogen and oxygen atoms in total. The highest BCUT2D eigenvalue weighted by Crippen LogP contribution is 2.49. The van der Waals surface area contributed by atoms with E-state index >= 15 is 0 Å². The molecule has 35 heavy (non-hydrogen) atoms. The van der Waals surface area contributed by atoms with Crippen LogP contribution in [0.15, 0.2) is 121 Å². The lowest BCUT2D eigenvalue weighted by Crippen LogP contribution is -2.29. The molecule has 1 aliphatic rings. The minimum Gasteiger partial charge on any atom is -0.309 e. The Morgan fingerprint density at radius 1 is 0.543 bits per heavy atom. The second-order valence-electron chi connectivity index (χ2n) is 10.2. The van der Waals surface area contributed by atoms with E-state index in [1.54, 1.807) is 0 Å². The quantitative estimate of drug-likeness (QED) is 0.249. The summed E-state index contributed by atoms with van der Waals surface area (Å²) < 4.78 is 2.39. The molecule has 0 N–H and O–H groups in total. The van der Waals surface area contributed by atoms with Crippen molar-refractivity contribution in [1.29, 1.82) is 0 Å². The van der Waals surface area contributed by atoms with Gasteiger partial charge in [0.25, 0.3) is 0 Å². The van der Waals surface area contributed by atoms with Gasteiger partial charge in [0.1, 0.15) is 0 Å². The van der Waals surface area contributed by atoms with Gasteiger partial charge in [-0.25, -0.2) is 0 Å². The molecule has 0 bridgehead atoms. The number of rotatable bonds is 2. The van der Waals surface area contributed by atoms with Crippen LogP contribution in [0.1, 0.15) is 47.6 Å². The maximum absolute atomic E-state index is 2.44. The molecule has 0 radical (unpaired) electrons. The second kappa shape index (κ2) is 7.45. The zero-order valence-electron chi connectivity index (χ0n) is 20.1. The molecule has 0 atom stereocenters. The average molecular weight is 450 g/mol. The Bertz CT molecular complexity index is 1670. The molecular formula is C34H27N. The molecule has 5 aromatic carbocycles. The Balaban J connectivity index is 1.52. The van der Waals surface area contributed by atoms with E-state index in [4.69, 9.17) is 0 Å². The van der Waals surface area contributed by atoms with E-state index in [0.717, 1.165) is 0 Å². The van der Waals surface area contributed by atoms with Crippen LogP contribution in [0.2, 0.25) is 0 Å². The molecular weight excluding hydrogens is 422 g/mol. The highest BCUT2D eigenvalue weighted by Gasteiger charge is 2.37. The Hall–Kier alpha value is -4.10. The first-order valence-corrected chi connectivity index (χ1v) is 12.4. The molecule has 1 heterocycles. The number of para-hydroxylation sites is 2. The van der Waals surface area contributed by atoms with Gasteiger partial charge in [-0.1, -0.05) is 105 Å². The van der Waals surface area contributed by atoms with Crippen molar-refractivity contribution in [3.8, 4) is 5.69 Å². The third-order valence-corrected chi connectivity index (χ3v) is 7.93. The van der Waals surface area contributed by atoms with Crippen molar-refractivity contribution >= 4 is 21.8 Å². The summed E-state index contributed by atoms with van der Waals surface area (Å²) >= 11 is 0. The fraction of sp³-hybridized carbons (Fsp3) is 0.118. The van der Waals surface area contributed by atoms with E-state index in [0.29, 0.717) is 0 Å². The maximum atomic E-state index is 2.44. The number of aromatic nitrogens is 1. The fourth-order valence-electron chi connectivity index (χ4n) is 6.33. The van der Waals surface area contributed by atoms with Crippen LogP contribution in [0, 0.1) is 0 Å². The Morgan fingerprint density at radius 3 is 1.83 bits per heavy atom. The molecule has 0 spiro atoms. The van der Waals surface area contributed by atoms with Gasteiger partial charge in [0, 0.05) is 27.8 Å². The summed E-state index contributed by atoms with van der Waals surface area (Å²) in [5, 5.41) is 2.60. The van der Waals surface area contributed by atoms with Crippen molar-refractivity contribution in [2.45, 2.75) is 25.2 Å². The molecule has 0 saturated heterocycles. The third kappa shape index (κ3) is 2.88. The Labute approximate surface area is 206 Å². The van der Waals surface area contributed by atoms with E-state index < -0.39 is 0 Å².